The molecule has 17 heavy (non-hydrogen) atoms. The molecule has 90 valence electrons. The van der Waals surface area contributed by atoms with E-state index < -0.39 is 0 Å². The SMILES string of the molecule is CCc1ccc(C(N)c2ccoc2)cc1CC. The maximum atomic E-state index is 6.22. The number of hydrogen-bond acceptors (Lipinski definition) is 2. The van der Waals surface area contributed by atoms with Crippen LogP contribution in [0.1, 0.15) is 42.1 Å². The van der Waals surface area contributed by atoms with Crippen LogP contribution in [0.5, 0.6) is 0 Å². The predicted octanol–water partition coefficient (Wildman–Crippen LogP) is 3.45. The Morgan fingerprint density at radius 1 is 1.06 bits per heavy atom. The van der Waals surface area contributed by atoms with Crippen LogP contribution in [-0.2, 0) is 12.8 Å². The van der Waals surface area contributed by atoms with Gasteiger partial charge in [0.25, 0.3) is 0 Å². The summed E-state index contributed by atoms with van der Waals surface area (Å²) in [5.74, 6) is 0. The second-order valence-corrected chi connectivity index (χ2v) is 4.27. The third-order valence-electron chi connectivity index (χ3n) is 3.25. The summed E-state index contributed by atoms with van der Waals surface area (Å²) in [5, 5.41) is 0. The number of rotatable bonds is 4. The average molecular weight is 229 g/mol. The zero-order chi connectivity index (χ0) is 12.3. The van der Waals surface area contributed by atoms with Crippen molar-refractivity contribution < 1.29 is 4.42 Å². The Morgan fingerprint density at radius 3 is 2.41 bits per heavy atom. The molecule has 2 rings (SSSR count). The summed E-state index contributed by atoms with van der Waals surface area (Å²) in [4.78, 5) is 0. The van der Waals surface area contributed by atoms with Crippen molar-refractivity contribution in [3.63, 3.8) is 0 Å². The summed E-state index contributed by atoms with van der Waals surface area (Å²) in [6.45, 7) is 4.37. The summed E-state index contributed by atoms with van der Waals surface area (Å²) in [6, 6.07) is 8.36. The van der Waals surface area contributed by atoms with Gasteiger partial charge in [-0.15, -0.1) is 0 Å². The Balaban J connectivity index is 2.33. The van der Waals surface area contributed by atoms with Gasteiger partial charge in [-0.3, -0.25) is 0 Å². The first-order valence-corrected chi connectivity index (χ1v) is 6.15. The molecule has 0 spiro atoms. The van der Waals surface area contributed by atoms with Crippen LogP contribution in [0.15, 0.2) is 41.2 Å². The summed E-state index contributed by atoms with van der Waals surface area (Å²) in [7, 11) is 0. The van der Waals surface area contributed by atoms with Crippen molar-refractivity contribution in [3.05, 3.63) is 59.0 Å². The molecule has 1 aromatic carbocycles. The number of benzene rings is 1. The second-order valence-electron chi connectivity index (χ2n) is 4.27. The lowest BCUT2D eigenvalue weighted by molar-refractivity contribution is 0.562. The lowest BCUT2D eigenvalue weighted by atomic mass is 9.95. The molecule has 0 aliphatic carbocycles. The van der Waals surface area contributed by atoms with Gasteiger partial charge in [0, 0.05) is 5.56 Å². The Kier molecular flexibility index (Phi) is 3.64. The molecular formula is C15H19NO. The minimum Gasteiger partial charge on any atom is -0.472 e. The van der Waals surface area contributed by atoms with Crippen LogP contribution in [0, 0.1) is 0 Å². The van der Waals surface area contributed by atoms with E-state index in [1.54, 1.807) is 12.5 Å². The van der Waals surface area contributed by atoms with E-state index in [0.717, 1.165) is 24.0 Å². The maximum Gasteiger partial charge on any atom is 0.0953 e. The van der Waals surface area contributed by atoms with E-state index in [9.17, 15) is 0 Å². The van der Waals surface area contributed by atoms with Gasteiger partial charge in [-0.05, 0) is 35.6 Å². The molecule has 1 heterocycles. The van der Waals surface area contributed by atoms with Gasteiger partial charge in [0.05, 0.1) is 18.6 Å². The van der Waals surface area contributed by atoms with Crippen molar-refractivity contribution in [2.75, 3.05) is 0 Å². The molecule has 0 bridgehead atoms. The van der Waals surface area contributed by atoms with Gasteiger partial charge in [-0.1, -0.05) is 32.0 Å². The predicted molar refractivity (Wildman–Crippen MR) is 69.9 cm³/mol. The van der Waals surface area contributed by atoms with E-state index in [1.165, 1.54) is 11.1 Å². The largest absolute Gasteiger partial charge is 0.472 e. The molecule has 1 atom stereocenters. The zero-order valence-corrected chi connectivity index (χ0v) is 10.4. The van der Waals surface area contributed by atoms with Gasteiger partial charge in [0.15, 0.2) is 0 Å². The van der Waals surface area contributed by atoms with Crippen molar-refractivity contribution in [3.8, 4) is 0 Å². The van der Waals surface area contributed by atoms with Crippen LogP contribution in [0.3, 0.4) is 0 Å². The lowest BCUT2D eigenvalue weighted by Gasteiger charge is -2.13. The fourth-order valence-corrected chi connectivity index (χ4v) is 2.16. The normalized spacial score (nSPS) is 12.6. The van der Waals surface area contributed by atoms with E-state index in [4.69, 9.17) is 10.2 Å². The van der Waals surface area contributed by atoms with E-state index in [2.05, 4.69) is 32.0 Å². The Hall–Kier alpha value is -1.54. The summed E-state index contributed by atoms with van der Waals surface area (Å²) < 4.78 is 5.08. The molecule has 0 fully saturated rings. The summed E-state index contributed by atoms with van der Waals surface area (Å²) in [5.41, 5.74) is 11.2. The molecule has 0 saturated heterocycles. The third-order valence-corrected chi connectivity index (χ3v) is 3.25. The van der Waals surface area contributed by atoms with Gasteiger partial charge < -0.3 is 10.2 Å². The number of hydrogen-bond donors (Lipinski definition) is 1. The molecule has 2 nitrogen and oxygen atoms in total. The van der Waals surface area contributed by atoms with E-state index in [-0.39, 0.29) is 6.04 Å². The number of aryl methyl sites for hydroxylation is 2. The number of furan rings is 1. The highest BCUT2D eigenvalue weighted by Gasteiger charge is 2.11. The molecule has 0 saturated carbocycles. The van der Waals surface area contributed by atoms with Gasteiger partial charge in [-0.2, -0.15) is 0 Å². The van der Waals surface area contributed by atoms with Crippen molar-refractivity contribution in [1.29, 1.82) is 0 Å². The quantitative estimate of drug-likeness (QED) is 0.872. The highest BCUT2D eigenvalue weighted by atomic mass is 16.3. The van der Waals surface area contributed by atoms with Crippen molar-refractivity contribution >= 4 is 0 Å². The fourth-order valence-electron chi connectivity index (χ4n) is 2.16. The Labute approximate surface area is 102 Å². The topological polar surface area (TPSA) is 39.2 Å². The molecule has 0 radical (unpaired) electrons. The fraction of sp³-hybridized carbons (Fsp3) is 0.333. The summed E-state index contributed by atoms with van der Waals surface area (Å²) in [6.07, 6.45) is 5.50. The molecule has 2 aromatic rings. The van der Waals surface area contributed by atoms with Crippen LogP contribution in [0.2, 0.25) is 0 Å². The third kappa shape index (κ3) is 2.42. The average Bonchev–Trinajstić information content (AvgIpc) is 2.90. The van der Waals surface area contributed by atoms with Crippen LogP contribution in [0.25, 0.3) is 0 Å². The molecule has 1 unspecified atom stereocenters. The van der Waals surface area contributed by atoms with Crippen LogP contribution in [-0.4, -0.2) is 0 Å². The molecule has 1 aromatic heterocycles. The van der Waals surface area contributed by atoms with E-state index in [1.807, 2.05) is 6.07 Å². The highest BCUT2D eigenvalue weighted by Crippen LogP contribution is 2.23. The van der Waals surface area contributed by atoms with Crippen molar-refractivity contribution in [1.82, 2.24) is 0 Å². The second kappa shape index (κ2) is 5.19. The lowest BCUT2D eigenvalue weighted by Crippen LogP contribution is -2.11. The summed E-state index contributed by atoms with van der Waals surface area (Å²) >= 11 is 0. The highest BCUT2D eigenvalue weighted by molar-refractivity contribution is 5.37. The van der Waals surface area contributed by atoms with Crippen LogP contribution in [0.4, 0.5) is 0 Å². The van der Waals surface area contributed by atoms with Crippen LogP contribution >= 0.6 is 0 Å². The standard InChI is InChI=1S/C15H19NO/c1-3-11-5-6-13(9-12(11)4-2)15(16)14-7-8-17-10-14/h5-10,15H,3-4,16H2,1-2H3. The number of nitrogens with two attached hydrogens (primary N) is 1. The first-order valence-electron chi connectivity index (χ1n) is 6.15. The molecule has 0 aliphatic rings. The smallest absolute Gasteiger partial charge is 0.0953 e. The minimum absolute atomic E-state index is 0.0926. The van der Waals surface area contributed by atoms with Gasteiger partial charge >= 0.3 is 0 Å². The molecule has 0 aliphatic heterocycles. The first kappa shape index (κ1) is 11.9. The minimum atomic E-state index is -0.0926. The van der Waals surface area contributed by atoms with E-state index >= 15 is 0 Å². The molecule has 2 heteroatoms. The Morgan fingerprint density at radius 2 is 1.82 bits per heavy atom. The van der Waals surface area contributed by atoms with Gasteiger partial charge in [-0.25, -0.2) is 0 Å². The van der Waals surface area contributed by atoms with Gasteiger partial charge in [0.2, 0.25) is 0 Å². The maximum absolute atomic E-state index is 6.22. The molecule has 2 N–H and O–H groups in total. The van der Waals surface area contributed by atoms with Crippen molar-refractivity contribution in [2.45, 2.75) is 32.7 Å². The first-order chi connectivity index (χ1) is 8.26. The van der Waals surface area contributed by atoms with E-state index in [0.29, 0.717) is 0 Å². The molecular weight excluding hydrogens is 210 g/mol. The Bertz CT molecular complexity index is 474. The monoisotopic (exact) mass is 229 g/mol. The molecule has 0 amide bonds. The van der Waals surface area contributed by atoms with Crippen LogP contribution < -0.4 is 5.73 Å². The van der Waals surface area contributed by atoms with Crippen molar-refractivity contribution in [2.24, 2.45) is 5.73 Å². The van der Waals surface area contributed by atoms with Gasteiger partial charge in [0.1, 0.15) is 0 Å². The zero-order valence-electron chi connectivity index (χ0n) is 10.4.